The van der Waals surface area contributed by atoms with E-state index >= 15 is 0 Å². The van der Waals surface area contributed by atoms with Crippen molar-refractivity contribution in [2.45, 2.75) is 59.0 Å². The second kappa shape index (κ2) is 16.4. The first-order chi connectivity index (χ1) is 20.8. The fraction of sp³-hybridized carbons (Fsp3) is 0.433. The number of primary amides is 1. The number of nitrogens with zero attached hydrogens (tertiary/aromatic N) is 4. The number of benzene rings is 2. The van der Waals surface area contributed by atoms with Gasteiger partial charge in [-0.3, -0.25) is 14.4 Å². The number of carbonyl (C=O) groups is 2. The van der Waals surface area contributed by atoms with Crippen molar-refractivity contribution in [2.24, 2.45) is 5.73 Å². The Morgan fingerprint density at radius 1 is 1.07 bits per heavy atom. The number of hydrogen-bond acceptors (Lipinski definition) is 6. The summed E-state index contributed by atoms with van der Waals surface area (Å²) in [5, 5.41) is 7.24. The number of nitrogens with one attached hydrogen (secondary N) is 2. The third kappa shape index (κ3) is 9.53. The van der Waals surface area contributed by atoms with Crippen LogP contribution < -0.4 is 15.8 Å². The van der Waals surface area contributed by atoms with E-state index < -0.39 is 39.2 Å². The summed E-state index contributed by atoms with van der Waals surface area (Å²) in [7, 11) is -3.37. The molecule has 0 saturated carbocycles. The molecule has 1 saturated heterocycles. The molecule has 0 radical (unpaired) electrons. The van der Waals surface area contributed by atoms with Crippen LogP contribution in [-0.4, -0.2) is 71.9 Å². The Morgan fingerprint density at radius 3 is 2.26 bits per heavy atom. The van der Waals surface area contributed by atoms with Gasteiger partial charge < -0.3 is 16.0 Å². The number of piperidine rings is 1. The van der Waals surface area contributed by atoms with Gasteiger partial charge in [-0.05, 0) is 63.4 Å². The number of carbonyl (C=O) groups excluding carboxylic acids is 2. The first-order valence-corrected chi connectivity index (χ1v) is 16.4. The fourth-order valence-corrected chi connectivity index (χ4v) is 6.02. The number of hydrogen-bond donors (Lipinski definition) is 3. The topological polar surface area (TPSA) is 143 Å². The van der Waals surface area contributed by atoms with E-state index in [0.717, 1.165) is 60.9 Å². The van der Waals surface area contributed by atoms with Gasteiger partial charge >= 0.3 is 6.03 Å². The van der Waals surface area contributed by atoms with Crippen molar-refractivity contribution in [2.75, 3.05) is 35.9 Å². The lowest BCUT2D eigenvalue weighted by Crippen LogP contribution is -2.49. The van der Waals surface area contributed by atoms with Crippen LogP contribution in [-0.2, 0) is 16.6 Å². The maximum atomic E-state index is 14.5. The molecule has 46 heavy (non-hydrogen) atoms. The normalized spacial score (nSPS) is 13.8. The van der Waals surface area contributed by atoms with E-state index in [1.807, 2.05) is 37.6 Å². The molecule has 1 aromatic heterocycles. The molecule has 0 bridgehead atoms. The van der Waals surface area contributed by atoms with Crippen molar-refractivity contribution in [3.63, 3.8) is 0 Å². The minimum Gasteiger partial charge on any atom is -0.366 e. The van der Waals surface area contributed by atoms with E-state index in [-0.39, 0.29) is 36.5 Å². The van der Waals surface area contributed by atoms with Crippen LogP contribution in [0.15, 0.2) is 36.4 Å². The van der Waals surface area contributed by atoms with Gasteiger partial charge in [0.05, 0.1) is 28.9 Å². The van der Waals surface area contributed by atoms with Gasteiger partial charge in [0, 0.05) is 55.2 Å². The Bertz CT molecular complexity index is 1630. The highest BCUT2D eigenvalue weighted by Gasteiger charge is 2.29. The third-order valence-electron chi connectivity index (χ3n) is 7.81. The Kier molecular flexibility index (Phi) is 13.8. The van der Waals surface area contributed by atoms with Crippen LogP contribution in [0.4, 0.5) is 25.0 Å². The monoisotopic (exact) mass is 703 g/mol. The second-order valence-corrected chi connectivity index (χ2v) is 12.9. The van der Waals surface area contributed by atoms with Crippen molar-refractivity contribution in [1.29, 1.82) is 0 Å². The fourth-order valence-electron chi connectivity index (χ4n) is 5.45. The lowest BCUT2D eigenvalue weighted by atomic mass is 10.0. The van der Waals surface area contributed by atoms with E-state index in [9.17, 15) is 26.8 Å². The zero-order valence-corrected chi connectivity index (χ0v) is 28.6. The number of urea groups is 1. The molecule has 2 heterocycles. The zero-order valence-electron chi connectivity index (χ0n) is 26.2. The van der Waals surface area contributed by atoms with Gasteiger partial charge in [0.15, 0.2) is 0 Å². The number of unbranched alkanes of at least 4 members (excludes halogenated alkanes) is 1. The van der Waals surface area contributed by atoms with Crippen LogP contribution in [0.25, 0.3) is 5.69 Å². The molecular weight excluding hydrogens is 663 g/mol. The zero-order chi connectivity index (χ0) is 32.2. The molecule has 2 aromatic carbocycles. The van der Waals surface area contributed by atoms with E-state index in [0.29, 0.717) is 37.7 Å². The molecule has 4 rings (SSSR count). The number of amides is 3. The van der Waals surface area contributed by atoms with Crippen LogP contribution in [0.5, 0.6) is 0 Å². The number of sulfonamides is 1. The number of nitrogens with two attached hydrogens (primary N) is 1. The summed E-state index contributed by atoms with van der Waals surface area (Å²) in [5.41, 5.74) is 8.66. The van der Waals surface area contributed by atoms with Crippen LogP contribution in [0.3, 0.4) is 0 Å². The molecule has 0 aliphatic carbocycles. The molecule has 16 heteroatoms. The van der Waals surface area contributed by atoms with Gasteiger partial charge in [0.1, 0.15) is 11.6 Å². The van der Waals surface area contributed by atoms with Crippen molar-refractivity contribution >= 4 is 58.2 Å². The van der Waals surface area contributed by atoms with Crippen molar-refractivity contribution in [1.82, 2.24) is 19.6 Å². The lowest BCUT2D eigenvalue weighted by molar-refractivity contribution is 0.0996. The summed E-state index contributed by atoms with van der Waals surface area (Å²) in [6.45, 7) is 8.58. The van der Waals surface area contributed by atoms with Crippen LogP contribution in [0.2, 0.25) is 0 Å². The summed E-state index contributed by atoms with van der Waals surface area (Å²) in [6, 6.07) is 7.89. The third-order valence-corrected chi connectivity index (χ3v) is 8.42. The minimum atomic E-state index is -3.37. The first-order valence-electron chi connectivity index (χ1n) is 14.5. The maximum absolute atomic E-state index is 14.5. The van der Waals surface area contributed by atoms with Gasteiger partial charge in [-0.25, -0.2) is 26.7 Å². The summed E-state index contributed by atoms with van der Waals surface area (Å²) in [5.74, 6) is -3.12. The Hall–Kier alpha value is -3.46. The SMILES string of the molecule is CCCCN(C(=O)Nc1cc(C(N)=O)c(F)cc1F)C1CCN(Cc2c(C)nn(-c3ccc(NS(C)(=O)=O)cc3)c2C)CC1.Cl.Cl. The first kappa shape index (κ1) is 38.7. The molecule has 0 unspecified atom stereocenters. The molecule has 1 aliphatic rings. The van der Waals surface area contributed by atoms with Crippen molar-refractivity contribution < 1.29 is 26.8 Å². The average Bonchev–Trinajstić information content (AvgIpc) is 3.23. The Balaban J connectivity index is 0.00000368. The second-order valence-electron chi connectivity index (χ2n) is 11.1. The van der Waals surface area contributed by atoms with Gasteiger partial charge in [-0.2, -0.15) is 5.10 Å². The average molecular weight is 705 g/mol. The molecule has 254 valence electrons. The molecular formula is C30H41Cl2F2N7O4S. The van der Waals surface area contributed by atoms with Gasteiger partial charge in [0.2, 0.25) is 10.0 Å². The highest BCUT2D eigenvalue weighted by molar-refractivity contribution is 7.92. The molecule has 0 atom stereocenters. The molecule has 1 aliphatic heterocycles. The maximum Gasteiger partial charge on any atom is 0.322 e. The van der Waals surface area contributed by atoms with Crippen LogP contribution >= 0.6 is 24.8 Å². The smallest absolute Gasteiger partial charge is 0.322 e. The van der Waals surface area contributed by atoms with Gasteiger partial charge in [0.25, 0.3) is 5.91 Å². The number of aromatic nitrogens is 2. The van der Waals surface area contributed by atoms with E-state index in [1.54, 1.807) is 17.0 Å². The molecule has 3 amide bonds. The predicted octanol–water partition coefficient (Wildman–Crippen LogP) is 5.38. The van der Waals surface area contributed by atoms with E-state index in [4.69, 9.17) is 10.8 Å². The highest BCUT2D eigenvalue weighted by atomic mass is 35.5. The number of halogens is 4. The van der Waals surface area contributed by atoms with Crippen molar-refractivity contribution in [3.05, 3.63) is 70.5 Å². The quantitative estimate of drug-likeness (QED) is 0.245. The summed E-state index contributed by atoms with van der Waals surface area (Å²) >= 11 is 0. The van der Waals surface area contributed by atoms with E-state index in [2.05, 4.69) is 14.9 Å². The summed E-state index contributed by atoms with van der Waals surface area (Å²) in [6.07, 6.45) is 4.13. The molecule has 1 fully saturated rings. The van der Waals surface area contributed by atoms with Crippen LogP contribution in [0.1, 0.15) is 59.9 Å². The molecule has 3 aromatic rings. The standard InChI is InChI=1S/C30H39F2N7O4S.2ClH/c1-5-6-13-38(30(41)34-28-16-24(29(33)40)26(31)17-27(28)32)22-11-14-37(15-12-22)18-25-19(2)35-39(20(25)3)23-9-7-21(8-10-23)36-44(4,42)43;;/h7-10,16-17,22,36H,5-6,11-15,18H2,1-4H3,(H2,33,40)(H,34,41);2*1H. The minimum absolute atomic E-state index is 0. The summed E-state index contributed by atoms with van der Waals surface area (Å²) in [4.78, 5) is 28.8. The van der Waals surface area contributed by atoms with Crippen LogP contribution in [0, 0.1) is 25.5 Å². The number of rotatable bonds is 11. The summed E-state index contributed by atoms with van der Waals surface area (Å²) < 4.78 is 55.7. The molecule has 11 nitrogen and oxygen atoms in total. The predicted molar refractivity (Wildman–Crippen MR) is 180 cm³/mol. The van der Waals surface area contributed by atoms with Crippen molar-refractivity contribution in [3.8, 4) is 5.69 Å². The number of aryl methyl sites for hydroxylation is 1. The van der Waals surface area contributed by atoms with Gasteiger partial charge in [-0.1, -0.05) is 13.3 Å². The van der Waals surface area contributed by atoms with Gasteiger partial charge in [-0.15, -0.1) is 24.8 Å². The molecule has 4 N–H and O–H groups in total. The highest BCUT2D eigenvalue weighted by Crippen LogP contribution is 2.26. The van der Waals surface area contributed by atoms with E-state index in [1.165, 1.54) is 0 Å². The lowest BCUT2D eigenvalue weighted by Gasteiger charge is -2.38. The number of likely N-dealkylation sites (tertiary alicyclic amines) is 1. The largest absolute Gasteiger partial charge is 0.366 e. The Labute approximate surface area is 280 Å². The number of anilines is 2. The Morgan fingerprint density at radius 2 is 1.70 bits per heavy atom. The molecule has 0 spiro atoms.